The molecule has 2 N–H and O–H groups in total. The van der Waals surface area contributed by atoms with Gasteiger partial charge in [-0.25, -0.2) is 0 Å². The molecule has 0 bridgehead atoms. The zero-order valence-electron chi connectivity index (χ0n) is 15.3. The Bertz CT molecular complexity index is 645. The van der Waals surface area contributed by atoms with E-state index in [4.69, 9.17) is 4.74 Å². The lowest BCUT2D eigenvalue weighted by Gasteiger charge is -2.46. The summed E-state index contributed by atoms with van der Waals surface area (Å²) in [6.45, 7) is 8.54. The third-order valence-electron chi connectivity index (χ3n) is 5.62. The van der Waals surface area contributed by atoms with Gasteiger partial charge in [0.2, 0.25) is 0 Å². The molecule has 24 heavy (non-hydrogen) atoms. The van der Waals surface area contributed by atoms with Crippen molar-refractivity contribution in [3.63, 3.8) is 0 Å². The van der Waals surface area contributed by atoms with Gasteiger partial charge in [-0.1, -0.05) is 25.0 Å². The number of phenolic OH excluding ortho intramolecular Hbond substituents is 1. The van der Waals surface area contributed by atoms with Crippen LogP contribution in [0.3, 0.4) is 0 Å². The summed E-state index contributed by atoms with van der Waals surface area (Å²) >= 11 is 0. The molecule has 1 unspecified atom stereocenters. The summed E-state index contributed by atoms with van der Waals surface area (Å²) in [6.07, 6.45) is 6.42. The van der Waals surface area contributed by atoms with Crippen LogP contribution in [0, 0.1) is 5.92 Å². The maximum absolute atomic E-state index is 10.7. The predicted molar refractivity (Wildman–Crippen MR) is 96.7 cm³/mol. The van der Waals surface area contributed by atoms with E-state index in [1.54, 1.807) is 0 Å². The number of phenols is 1. The fourth-order valence-corrected chi connectivity index (χ4v) is 4.40. The summed E-state index contributed by atoms with van der Waals surface area (Å²) < 4.78 is 6.32. The van der Waals surface area contributed by atoms with Crippen molar-refractivity contribution in [1.82, 2.24) is 0 Å². The largest absolute Gasteiger partial charge is 0.507 e. The Morgan fingerprint density at radius 1 is 1.33 bits per heavy atom. The predicted octanol–water partition coefficient (Wildman–Crippen LogP) is 4.71. The van der Waals surface area contributed by atoms with Crippen LogP contribution in [0.15, 0.2) is 23.8 Å². The van der Waals surface area contributed by atoms with E-state index in [1.165, 1.54) is 5.57 Å². The third-order valence-corrected chi connectivity index (χ3v) is 5.62. The van der Waals surface area contributed by atoms with Crippen LogP contribution in [-0.2, 0) is 6.42 Å². The van der Waals surface area contributed by atoms with Crippen LogP contribution < -0.4 is 4.74 Å². The SMILES string of the molecule is CCCC(O)Cc1cc(O)c2c(c1)OC(C)(C)[C@@H]1CCC(C)=C[C@@H]21. The lowest BCUT2D eigenvalue weighted by atomic mass is 9.68. The summed E-state index contributed by atoms with van der Waals surface area (Å²) in [5, 5.41) is 20.8. The second kappa shape index (κ2) is 6.44. The van der Waals surface area contributed by atoms with Crippen molar-refractivity contribution in [3.8, 4) is 11.5 Å². The highest BCUT2D eigenvalue weighted by Gasteiger charge is 2.45. The lowest BCUT2D eigenvalue weighted by molar-refractivity contribution is 0.0107. The molecule has 0 amide bonds. The van der Waals surface area contributed by atoms with Crippen LogP contribution in [-0.4, -0.2) is 21.9 Å². The first-order valence-corrected chi connectivity index (χ1v) is 9.22. The lowest BCUT2D eigenvalue weighted by Crippen LogP contribution is -2.45. The molecule has 1 aliphatic carbocycles. The number of aromatic hydroxyl groups is 1. The maximum Gasteiger partial charge on any atom is 0.127 e. The van der Waals surface area contributed by atoms with E-state index in [0.717, 1.165) is 42.6 Å². The Morgan fingerprint density at radius 2 is 2.08 bits per heavy atom. The number of fused-ring (bicyclic) bond motifs is 3. The highest BCUT2D eigenvalue weighted by Crippen LogP contribution is 2.53. The molecule has 3 nitrogen and oxygen atoms in total. The fraction of sp³-hybridized carbons (Fsp3) is 0.619. The van der Waals surface area contributed by atoms with E-state index < -0.39 is 0 Å². The number of aliphatic hydroxyl groups is 1. The van der Waals surface area contributed by atoms with Gasteiger partial charge in [0.05, 0.1) is 6.10 Å². The van der Waals surface area contributed by atoms with Gasteiger partial charge in [0.1, 0.15) is 17.1 Å². The third kappa shape index (κ3) is 3.19. The van der Waals surface area contributed by atoms with Crippen molar-refractivity contribution in [1.29, 1.82) is 0 Å². The second-order valence-corrected chi connectivity index (χ2v) is 8.06. The summed E-state index contributed by atoms with van der Waals surface area (Å²) in [4.78, 5) is 0. The average Bonchev–Trinajstić information content (AvgIpc) is 2.45. The molecular formula is C21H30O3. The Hall–Kier alpha value is -1.48. The molecule has 1 aromatic carbocycles. The minimum absolute atomic E-state index is 0.215. The van der Waals surface area contributed by atoms with E-state index >= 15 is 0 Å². The molecule has 1 aromatic rings. The average molecular weight is 330 g/mol. The van der Waals surface area contributed by atoms with Gasteiger partial charge < -0.3 is 14.9 Å². The molecule has 3 rings (SSSR count). The molecule has 1 aliphatic heterocycles. The van der Waals surface area contributed by atoms with Gasteiger partial charge in [-0.3, -0.25) is 0 Å². The van der Waals surface area contributed by atoms with Gasteiger partial charge >= 0.3 is 0 Å². The molecule has 0 saturated heterocycles. The first kappa shape index (κ1) is 17.3. The number of benzene rings is 1. The van der Waals surface area contributed by atoms with Crippen molar-refractivity contribution < 1.29 is 14.9 Å². The minimum Gasteiger partial charge on any atom is -0.507 e. The standard InChI is InChI=1S/C21H30O3/c1-5-6-15(22)10-14-11-18(23)20-16-9-13(2)7-8-17(16)21(3,4)24-19(20)12-14/h9,11-12,15-17,22-23H,5-8,10H2,1-4H3/t15?,16-,17-/m1/s1. The topological polar surface area (TPSA) is 49.7 Å². The molecule has 0 aromatic heterocycles. The summed E-state index contributed by atoms with van der Waals surface area (Å²) in [5.74, 6) is 1.69. The Labute approximate surface area is 145 Å². The minimum atomic E-state index is -0.367. The highest BCUT2D eigenvalue weighted by molar-refractivity contribution is 5.54. The van der Waals surface area contributed by atoms with Gasteiger partial charge in [0, 0.05) is 17.4 Å². The van der Waals surface area contributed by atoms with Crippen LogP contribution in [0.1, 0.15) is 70.4 Å². The Kier molecular flexibility index (Phi) is 4.65. The summed E-state index contributed by atoms with van der Waals surface area (Å²) in [6, 6.07) is 3.83. The molecule has 3 atom stereocenters. The summed E-state index contributed by atoms with van der Waals surface area (Å²) in [5.41, 5.74) is 3.01. The number of aliphatic hydroxyl groups excluding tert-OH is 1. The van der Waals surface area contributed by atoms with Crippen LogP contribution in [0.2, 0.25) is 0 Å². The van der Waals surface area contributed by atoms with Gasteiger partial charge in [0.15, 0.2) is 0 Å². The van der Waals surface area contributed by atoms with Crippen molar-refractivity contribution in [2.45, 2.75) is 77.4 Å². The second-order valence-electron chi connectivity index (χ2n) is 8.06. The van der Waals surface area contributed by atoms with Crippen LogP contribution in [0.25, 0.3) is 0 Å². The molecule has 3 heteroatoms. The van der Waals surface area contributed by atoms with Gasteiger partial charge in [-0.2, -0.15) is 0 Å². The number of rotatable bonds is 4. The first-order valence-electron chi connectivity index (χ1n) is 9.22. The van der Waals surface area contributed by atoms with Gasteiger partial charge in [0.25, 0.3) is 0 Å². The zero-order valence-corrected chi connectivity index (χ0v) is 15.3. The van der Waals surface area contributed by atoms with E-state index in [0.29, 0.717) is 18.1 Å². The van der Waals surface area contributed by atoms with Crippen molar-refractivity contribution in [2.24, 2.45) is 5.92 Å². The van der Waals surface area contributed by atoms with E-state index in [-0.39, 0.29) is 17.6 Å². The molecule has 132 valence electrons. The van der Waals surface area contributed by atoms with Crippen LogP contribution in [0.4, 0.5) is 0 Å². The molecule has 0 spiro atoms. The van der Waals surface area contributed by atoms with Crippen LogP contribution in [0.5, 0.6) is 11.5 Å². The smallest absolute Gasteiger partial charge is 0.127 e. The molecular weight excluding hydrogens is 300 g/mol. The van der Waals surface area contributed by atoms with Crippen molar-refractivity contribution >= 4 is 0 Å². The number of ether oxygens (including phenoxy) is 1. The quantitative estimate of drug-likeness (QED) is 0.786. The molecule has 1 heterocycles. The molecule has 0 radical (unpaired) electrons. The van der Waals surface area contributed by atoms with Gasteiger partial charge in [-0.15, -0.1) is 0 Å². The van der Waals surface area contributed by atoms with Gasteiger partial charge in [-0.05, 0) is 64.2 Å². The summed E-state index contributed by atoms with van der Waals surface area (Å²) in [7, 11) is 0. The number of hydrogen-bond donors (Lipinski definition) is 2. The van der Waals surface area contributed by atoms with Crippen molar-refractivity contribution in [2.75, 3.05) is 0 Å². The van der Waals surface area contributed by atoms with E-state index in [2.05, 4.69) is 33.8 Å². The number of hydrogen-bond acceptors (Lipinski definition) is 3. The maximum atomic E-state index is 10.7. The fourth-order valence-electron chi connectivity index (χ4n) is 4.40. The Morgan fingerprint density at radius 3 is 2.79 bits per heavy atom. The molecule has 0 saturated carbocycles. The molecule has 0 fully saturated rings. The first-order chi connectivity index (χ1) is 11.3. The van der Waals surface area contributed by atoms with Crippen LogP contribution >= 0.6 is 0 Å². The van der Waals surface area contributed by atoms with Crippen molar-refractivity contribution in [3.05, 3.63) is 34.9 Å². The van der Waals surface area contributed by atoms with E-state index in [9.17, 15) is 10.2 Å². The molecule has 2 aliphatic rings. The zero-order chi connectivity index (χ0) is 17.5. The monoisotopic (exact) mass is 330 g/mol. The Balaban J connectivity index is 2.00. The van der Waals surface area contributed by atoms with E-state index in [1.807, 2.05) is 12.1 Å². The normalized spacial score (nSPS) is 26.0. The number of allylic oxidation sites excluding steroid dienone is 2. The highest BCUT2D eigenvalue weighted by atomic mass is 16.5.